The van der Waals surface area contributed by atoms with Crippen LogP contribution < -0.4 is 27.8 Å². The van der Waals surface area contributed by atoms with Crippen molar-refractivity contribution in [1.82, 2.24) is 10.9 Å². The molecule has 0 atom stereocenters. The van der Waals surface area contributed by atoms with Crippen LogP contribution in [-0.4, -0.2) is 11.8 Å². The van der Waals surface area contributed by atoms with E-state index in [0.717, 1.165) is 12.8 Å². The van der Waals surface area contributed by atoms with Gasteiger partial charge in [0.25, 0.3) is 0 Å². The number of rotatable bonds is 14. The summed E-state index contributed by atoms with van der Waals surface area (Å²) in [6.45, 7) is 2.44. The summed E-state index contributed by atoms with van der Waals surface area (Å²) in [5, 5.41) is 0. The molecule has 0 aliphatic carbocycles. The Balaban J connectivity index is 0.00000676. The van der Waals surface area contributed by atoms with E-state index in [1.54, 1.807) is 4.57 Å². The van der Waals surface area contributed by atoms with Gasteiger partial charge in [-0.15, -0.1) is 0 Å². The van der Waals surface area contributed by atoms with Crippen molar-refractivity contribution in [3.05, 3.63) is 30.6 Å². The van der Waals surface area contributed by atoms with Crippen LogP contribution in [-0.2, 0) is 16.1 Å². The molecule has 1 rings (SSSR count). The van der Waals surface area contributed by atoms with Crippen molar-refractivity contribution < 1.29 is 26.6 Å². The quantitative estimate of drug-likeness (QED) is 0.277. The topological polar surface area (TPSA) is 62.1 Å². The lowest BCUT2D eigenvalue weighted by Crippen LogP contribution is -3.00. The van der Waals surface area contributed by atoms with Gasteiger partial charge in [-0.2, -0.15) is 4.57 Å². The zero-order valence-corrected chi connectivity index (χ0v) is 17.5. The maximum Gasteiger partial charge on any atom is 0.304 e. The van der Waals surface area contributed by atoms with Gasteiger partial charge in [-0.3, -0.25) is 20.4 Å². The number of hydrogen-bond acceptors (Lipinski definition) is 2. The maximum atomic E-state index is 11.7. The predicted octanol–water partition coefficient (Wildman–Crippen LogP) is 0.827. The molecule has 0 fully saturated rings. The zero-order chi connectivity index (χ0) is 18.9. The first-order chi connectivity index (χ1) is 12.7. The average Bonchev–Trinajstić information content (AvgIpc) is 2.65. The molecule has 1 aromatic rings. The van der Waals surface area contributed by atoms with Crippen molar-refractivity contribution in [2.75, 3.05) is 0 Å². The van der Waals surface area contributed by atoms with Crippen LogP contribution in [0.5, 0.6) is 0 Å². The van der Waals surface area contributed by atoms with Gasteiger partial charge in [0.2, 0.25) is 12.5 Å². The van der Waals surface area contributed by atoms with Crippen molar-refractivity contribution in [1.29, 1.82) is 0 Å². The number of amides is 2. The molecular weight excluding hydrogens is 362 g/mol. The molecule has 0 unspecified atom stereocenters. The van der Waals surface area contributed by atoms with E-state index < -0.39 is 0 Å². The Morgan fingerprint density at radius 1 is 0.704 bits per heavy atom. The maximum absolute atomic E-state index is 11.7. The third-order valence-electron chi connectivity index (χ3n) is 4.45. The Labute approximate surface area is 170 Å². The van der Waals surface area contributed by atoms with E-state index in [9.17, 15) is 9.59 Å². The van der Waals surface area contributed by atoms with Crippen LogP contribution in [0.2, 0.25) is 0 Å². The molecule has 2 N–H and O–H groups in total. The fourth-order valence-corrected chi connectivity index (χ4v) is 2.90. The molecule has 0 aliphatic rings. The zero-order valence-electron chi connectivity index (χ0n) is 16.7. The molecule has 27 heavy (non-hydrogen) atoms. The minimum atomic E-state index is -0.228. The smallest absolute Gasteiger partial charge is 0.304 e. The van der Waals surface area contributed by atoms with E-state index in [4.69, 9.17) is 0 Å². The van der Waals surface area contributed by atoms with E-state index in [0.29, 0.717) is 6.42 Å². The molecule has 5 nitrogen and oxygen atoms in total. The Kier molecular flexibility index (Phi) is 16.7. The highest BCUT2D eigenvalue weighted by molar-refractivity contribution is 5.81. The number of halogens is 1. The number of pyridine rings is 1. The fourth-order valence-electron chi connectivity index (χ4n) is 2.90. The Morgan fingerprint density at radius 3 is 1.74 bits per heavy atom. The van der Waals surface area contributed by atoms with Crippen molar-refractivity contribution >= 4 is 11.8 Å². The first-order valence-electron chi connectivity index (χ1n) is 10.2. The second-order valence-corrected chi connectivity index (χ2v) is 6.93. The number of nitrogens with zero attached hydrogens (tertiary/aromatic N) is 1. The van der Waals surface area contributed by atoms with Gasteiger partial charge in [-0.05, 0) is 6.42 Å². The third-order valence-corrected chi connectivity index (χ3v) is 4.45. The van der Waals surface area contributed by atoms with Gasteiger partial charge in [0.15, 0.2) is 12.4 Å². The molecule has 154 valence electrons. The number of carbonyl (C=O) groups excluding carboxylic acids is 2. The Bertz CT molecular complexity index is 497. The average molecular weight is 398 g/mol. The SMILES string of the molecule is CCCCCCCCCCCCCC(=O)NNC(=O)C[n+]1ccccc1.[Cl-]. The van der Waals surface area contributed by atoms with Crippen LogP contribution in [0.15, 0.2) is 30.6 Å². The van der Waals surface area contributed by atoms with Gasteiger partial charge < -0.3 is 12.4 Å². The summed E-state index contributed by atoms with van der Waals surface area (Å²) in [5.74, 6) is -0.346. The second-order valence-electron chi connectivity index (χ2n) is 6.93. The lowest BCUT2D eigenvalue weighted by atomic mass is 10.1. The fraction of sp³-hybridized carbons (Fsp3) is 0.667. The summed E-state index contributed by atoms with van der Waals surface area (Å²) in [7, 11) is 0. The van der Waals surface area contributed by atoms with Crippen molar-refractivity contribution in [2.24, 2.45) is 0 Å². The largest absolute Gasteiger partial charge is 1.00 e. The van der Waals surface area contributed by atoms with Crippen LogP contribution in [0.4, 0.5) is 0 Å². The van der Waals surface area contributed by atoms with Crippen LogP contribution in [0, 0.1) is 0 Å². The number of carbonyl (C=O) groups is 2. The summed E-state index contributed by atoms with van der Waals surface area (Å²) in [5.41, 5.74) is 4.95. The molecule has 0 bridgehead atoms. The molecule has 1 aromatic heterocycles. The van der Waals surface area contributed by atoms with E-state index in [1.165, 1.54) is 57.8 Å². The molecule has 6 heteroatoms. The Morgan fingerprint density at radius 2 is 1.19 bits per heavy atom. The molecule has 0 radical (unpaired) electrons. The molecule has 0 aliphatic heterocycles. The van der Waals surface area contributed by atoms with Gasteiger partial charge >= 0.3 is 5.91 Å². The number of hydrogen-bond donors (Lipinski definition) is 2. The normalized spacial score (nSPS) is 10.1. The standard InChI is InChI=1S/C21H35N3O2.ClH/c1-2-3-4-5-6-7-8-9-10-11-13-16-20(25)22-23-21(26)19-24-17-14-12-15-18-24;/h12,14-15,17-18H,2-11,13,16,19H2,1H3,(H-,22,23,25,26);1H. The minimum Gasteiger partial charge on any atom is -1.00 e. The van der Waals surface area contributed by atoms with Crippen molar-refractivity contribution in [2.45, 2.75) is 90.5 Å². The van der Waals surface area contributed by atoms with Gasteiger partial charge in [0, 0.05) is 18.6 Å². The molecular formula is C21H36ClN3O2. The molecule has 0 saturated carbocycles. The summed E-state index contributed by atoms with van der Waals surface area (Å²) in [6, 6.07) is 5.61. The molecule has 1 heterocycles. The predicted molar refractivity (Wildman–Crippen MR) is 104 cm³/mol. The van der Waals surface area contributed by atoms with E-state index in [2.05, 4.69) is 17.8 Å². The molecule has 0 aromatic carbocycles. The highest BCUT2D eigenvalue weighted by Crippen LogP contribution is 2.11. The number of unbranched alkanes of at least 4 members (excludes halogenated alkanes) is 10. The number of aromatic nitrogens is 1. The lowest BCUT2D eigenvalue weighted by molar-refractivity contribution is -0.684. The summed E-state index contributed by atoms with van der Waals surface area (Å²) >= 11 is 0. The van der Waals surface area contributed by atoms with Crippen LogP contribution in [0.25, 0.3) is 0 Å². The van der Waals surface area contributed by atoms with E-state index in [-0.39, 0.29) is 30.8 Å². The van der Waals surface area contributed by atoms with Crippen molar-refractivity contribution in [3.63, 3.8) is 0 Å². The van der Waals surface area contributed by atoms with Crippen molar-refractivity contribution in [3.8, 4) is 0 Å². The van der Waals surface area contributed by atoms with Gasteiger partial charge in [-0.1, -0.05) is 77.2 Å². The first kappa shape index (κ1) is 25.4. The Hall–Kier alpha value is -1.62. The van der Waals surface area contributed by atoms with Crippen LogP contribution in [0.1, 0.15) is 84.0 Å². The minimum absolute atomic E-state index is 0. The van der Waals surface area contributed by atoms with E-state index in [1.807, 2.05) is 30.6 Å². The number of hydrazine groups is 1. The monoisotopic (exact) mass is 397 g/mol. The number of nitrogens with one attached hydrogen (secondary N) is 2. The second kappa shape index (κ2) is 17.8. The lowest BCUT2D eigenvalue weighted by Gasteiger charge is -2.06. The highest BCUT2D eigenvalue weighted by Gasteiger charge is 2.09. The van der Waals surface area contributed by atoms with Gasteiger partial charge in [-0.25, -0.2) is 0 Å². The first-order valence-corrected chi connectivity index (χ1v) is 10.2. The third kappa shape index (κ3) is 15.2. The molecule has 0 saturated heterocycles. The van der Waals surface area contributed by atoms with Gasteiger partial charge in [0.1, 0.15) is 0 Å². The molecule has 0 spiro atoms. The summed E-state index contributed by atoms with van der Waals surface area (Å²) in [4.78, 5) is 23.5. The van der Waals surface area contributed by atoms with Crippen LogP contribution >= 0.6 is 0 Å². The molecule has 2 amide bonds. The van der Waals surface area contributed by atoms with E-state index >= 15 is 0 Å². The summed E-state index contributed by atoms with van der Waals surface area (Å²) < 4.78 is 1.76. The highest BCUT2D eigenvalue weighted by atomic mass is 35.5. The summed E-state index contributed by atoms with van der Waals surface area (Å²) in [6.07, 6.45) is 18.0. The van der Waals surface area contributed by atoms with Gasteiger partial charge in [0.05, 0.1) is 0 Å². The van der Waals surface area contributed by atoms with Crippen LogP contribution in [0.3, 0.4) is 0 Å².